The van der Waals surface area contributed by atoms with Crippen LogP contribution in [-0.4, -0.2) is 5.91 Å². The number of benzene rings is 2. The Kier molecular flexibility index (Phi) is 5.69. The van der Waals surface area contributed by atoms with Crippen molar-refractivity contribution in [2.45, 2.75) is 6.92 Å². The molecule has 0 aliphatic heterocycles. The summed E-state index contributed by atoms with van der Waals surface area (Å²) < 4.78 is 0. The van der Waals surface area contributed by atoms with Gasteiger partial charge in [0.15, 0.2) is 0 Å². The first-order valence-corrected chi connectivity index (χ1v) is 7.65. The van der Waals surface area contributed by atoms with Crippen molar-refractivity contribution < 1.29 is 4.79 Å². The molecule has 0 fully saturated rings. The molecule has 0 saturated carbocycles. The van der Waals surface area contributed by atoms with Crippen LogP contribution in [-0.2, 0) is 4.79 Å². The van der Waals surface area contributed by atoms with E-state index >= 15 is 0 Å². The van der Waals surface area contributed by atoms with Gasteiger partial charge in [-0.1, -0.05) is 29.3 Å². The number of carbonyl (C=O) groups is 1. The van der Waals surface area contributed by atoms with Crippen LogP contribution in [0.5, 0.6) is 0 Å². The molecular formula is C17H14Cl2N4O. The molecule has 1 amide bonds. The zero-order valence-corrected chi connectivity index (χ0v) is 14.2. The molecule has 0 aliphatic carbocycles. The van der Waals surface area contributed by atoms with E-state index in [0.717, 1.165) is 5.56 Å². The summed E-state index contributed by atoms with van der Waals surface area (Å²) in [4.78, 5) is 12.2. The number of rotatable bonds is 4. The second-order valence-electron chi connectivity index (χ2n) is 4.97. The molecule has 0 aromatic heterocycles. The standard InChI is InChI=1S/C17H14Cl2N4O/c1-10-2-4-13(7-14(10)18)23-17(24)11(8-20)9-22-16-5-3-12(21)6-15(16)19/h2-7,9,22H,21H2,1H3,(H,23,24)/b11-9-. The van der Waals surface area contributed by atoms with Crippen molar-refractivity contribution in [2.75, 3.05) is 16.4 Å². The number of hydrogen-bond donors (Lipinski definition) is 3. The fraction of sp³-hybridized carbons (Fsp3) is 0.0588. The summed E-state index contributed by atoms with van der Waals surface area (Å²) in [5.41, 5.74) is 7.95. The quantitative estimate of drug-likeness (QED) is 0.429. The number of anilines is 3. The molecule has 7 heteroatoms. The van der Waals surface area contributed by atoms with Crippen LogP contribution in [0.1, 0.15) is 5.56 Å². The number of aryl methyl sites for hydroxylation is 1. The number of amides is 1. The average molecular weight is 361 g/mol. The van der Waals surface area contributed by atoms with Gasteiger partial charge in [0.05, 0.1) is 10.7 Å². The minimum absolute atomic E-state index is 0.111. The molecule has 0 atom stereocenters. The predicted octanol–water partition coefficient (Wildman–Crippen LogP) is 4.34. The fourth-order valence-electron chi connectivity index (χ4n) is 1.82. The largest absolute Gasteiger partial charge is 0.399 e. The Morgan fingerprint density at radius 3 is 2.58 bits per heavy atom. The molecule has 0 bridgehead atoms. The number of nitriles is 1. The molecule has 2 aromatic rings. The maximum absolute atomic E-state index is 12.2. The van der Waals surface area contributed by atoms with Crippen LogP contribution in [0, 0.1) is 18.3 Å². The minimum atomic E-state index is -0.559. The molecular weight excluding hydrogens is 347 g/mol. The Labute approximate surface area is 149 Å². The lowest BCUT2D eigenvalue weighted by Crippen LogP contribution is -2.14. The fourth-order valence-corrected chi connectivity index (χ4v) is 2.24. The Hall–Kier alpha value is -2.68. The van der Waals surface area contributed by atoms with Gasteiger partial charge in [0.2, 0.25) is 0 Å². The van der Waals surface area contributed by atoms with Gasteiger partial charge in [0.25, 0.3) is 5.91 Å². The van der Waals surface area contributed by atoms with Gasteiger partial charge in [0, 0.05) is 22.6 Å². The Balaban J connectivity index is 2.13. The molecule has 0 saturated heterocycles. The van der Waals surface area contributed by atoms with E-state index in [1.54, 1.807) is 36.4 Å². The molecule has 2 rings (SSSR count). The van der Waals surface area contributed by atoms with Crippen molar-refractivity contribution in [3.8, 4) is 6.07 Å². The average Bonchev–Trinajstić information content (AvgIpc) is 2.53. The van der Waals surface area contributed by atoms with E-state index in [-0.39, 0.29) is 5.57 Å². The minimum Gasteiger partial charge on any atom is -0.399 e. The third kappa shape index (κ3) is 4.42. The van der Waals surface area contributed by atoms with Crippen molar-refractivity contribution >= 4 is 46.2 Å². The van der Waals surface area contributed by atoms with E-state index in [1.165, 1.54) is 6.20 Å². The van der Waals surface area contributed by atoms with Gasteiger partial charge in [0.1, 0.15) is 11.6 Å². The Morgan fingerprint density at radius 2 is 1.96 bits per heavy atom. The lowest BCUT2D eigenvalue weighted by atomic mass is 10.2. The normalized spacial score (nSPS) is 10.8. The molecule has 24 heavy (non-hydrogen) atoms. The van der Waals surface area contributed by atoms with Crippen LogP contribution >= 0.6 is 23.2 Å². The van der Waals surface area contributed by atoms with Crippen LogP contribution in [0.15, 0.2) is 48.2 Å². The summed E-state index contributed by atoms with van der Waals surface area (Å²) >= 11 is 12.0. The molecule has 122 valence electrons. The van der Waals surface area contributed by atoms with Gasteiger partial charge in [-0.25, -0.2) is 0 Å². The first-order valence-electron chi connectivity index (χ1n) is 6.90. The zero-order chi connectivity index (χ0) is 17.7. The van der Waals surface area contributed by atoms with Gasteiger partial charge in [-0.3, -0.25) is 4.79 Å². The maximum Gasteiger partial charge on any atom is 0.267 e. The second-order valence-corrected chi connectivity index (χ2v) is 5.79. The van der Waals surface area contributed by atoms with Gasteiger partial charge < -0.3 is 16.4 Å². The Bertz CT molecular complexity index is 856. The molecule has 0 unspecified atom stereocenters. The highest BCUT2D eigenvalue weighted by Crippen LogP contribution is 2.24. The third-order valence-electron chi connectivity index (χ3n) is 3.16. The zero-order valence-electron chi connectivity index (χ0n) is 12.7. The smallest absolute Gasteiger partial charge is 0.267 e. The topological polar surface area (TPSA) is 90.9 Å². The highest BCUT2D eigenvalue weighted by atomic mass is 35.5. The molecule has 4 N–H and O–H groups in total. The summed E-state index contributed by atoms with van der Waals surface area (Å²) in [5.74, 6) is -0.559. The molecule has 0 aliphatic rings. The summed E-state index contributed by atoms with van der Waals surface area (Å²) in [5, 5.41) is 15.5. The molecule has 2 aromatic carbocycles. The van der Waals surface area contributed by atoms with E-state index in [1.807, 2.05) is 13.0 Å². The van der Waals surface area contributed by atoms with Crippen LogP contribution in [0.25, 0.3) is 0 Å². The van der Waals surface area contributed by atoms with Crippen molar-refractivity contribution in [3.05, 3.63) is 63.8 Å². The predicted molar refractivity (Wildman–Crippen MR) is 98.0 cm³/mol. The number of nitrogens with zero attached hydrogens (tertiary/aromatic N) is 1. The number of nitrogens with one attached hydrogen (secondary N) is 2. The molecule has 0 radical (unpaired) electrons. The lowest BCUT2D eigenvalue weighted by Gasteiger charge is -2.08. The van der Waals surface area contributed by atoms with Gasteiger partial charge >= 0.3 is 0 Å². The van der Waals surface area contributed by atoms with Crippen molar-refractivity contribution in [1.29, 1.82) is 5.26 Å². The molecule has 0 heterocycles. The van der Waals surface area contributed by atoms with E-state index in [2.05, 4.69) is 10.6 Å². The van der Waals surface area contributed by atoms with E-state index in [9.17, 15) is 4.79 Å². The summed E-state index contributed by atoms with van der Waals surface area (Å²) in [6, 6.07) is 11.8. The summed E-state index contributed by atoms with van der Waals surface area (Å²) in [7, 11) is 0. The van der Waals surface area contributed by atoms with Crippen molar-refractivity contribution in [3.63, 3.8) is 0 Å². The van der Waals surface area contributed by atoms with Crippen LogP contribution in [0.4, 0.5) is 17.1 Å². The highest BCUT2D eigenvalue weighted by molar-refractivity contribution is 6.33. The number of halogens is 2. The summed E-state index contributed by atoms with van der Waals surface area (Å²) in [6.45, 7) is 1.86. The van der Waals surface area contributed by atoms with Gasteiger partial charge in [-0.15, -0.1) is 0 Å². The van der Waals surface area contributed by atoms with Gasteiger partial charge in [-0.2, -0.15) is 5.26 Å². The van der Waals surface area contributed by atoms with E-state index < -0.39 is 5.91 Å². The van der Waals surface area contributed by atoms with E-state index in [0.29, 0.717) is 27.1 Å². The number of carbonyl (C=O) groups excluding carboxylic acids is 1. The van der Waals surface area contributed by atoms with Crippen LogP contribution < -0.4 is 16.4 Å². The molecule has 0 spiro atoms. The third-order valence-corrected chi connectivity index (χ3v) is 3.88. The first kappa shape index (κ1) is 17.7. The number of hydrogen-bond acceptors (Lipinski definition) is 4. The van der Waals surface area contributed by atoms with Crippen LogP contribution in [0.2, 0.25) is 10.0 Å². The Morgan fingerprint density at radius 1 is 1.21 bits per heavy atom. The van der Waals surface area contributed by atoms with Crippen LogP contribution in [0.3, 0.4) is 0 Å². The number of nitrogen functional groups attached to an aromatic ring is 1. The van der Waals surface area contributed by atoms with Crippen molar-refractivity contribution in [2.24, 2.45) is 0 Å². The maximum atomic E-state index is 12.2. The lowest BCUT2D eigenvalue weighted by molar-refractivity contribution is -0.112. The molecule has 5 nitrogen and oxygen atoms in total. The van der Waals surface area contributed by atoms with E-state index in [4.69, 9.17) is 34.2 Å². The monoisotopic (exact) mass is 360 g/mol. The number of nitrogens with two attached hydrogens (primary N) is 1. The SMILES string of the molecule is Cc1ccc(NC(=O)/C(C#N)=C\Nc2ccc(N)cc2Cl)cc1Cl. The summed E-state index contributed by atoms with van der Waals surface area (Å²) in [6.07, 6.45) is 1.28. The highest BCUT2D eigenvalue weighted by Gasteiger charge is 2.10. The second kappa shape index (κ2) is 7.73. The first-order chi connectivity index (χ1) is 11.4. The van der Waals surface area contributed by atoms with Crippen molar-refractivity contribution in [1.82, 2.24) is 0 Å². The van der Waals surface area contributed by atoms with Gasteiger partial charge in [-0.05, 0) is 42.8 Å².